The van der Waals surface area contributed by atoms with E-state index in [1.54, 1.807) is 11.0 Å². The third kappa shape index (κ3) is 1.69. The molecule has 0 bridgehead atoms. The molecule has 4 nitrogen and oxygen atoms in total. The van der Waals surface area contributed by atoms with Crippen molar-refractivity contribution in [2.24, 2.45) is 5.41 Å². The molecule has 1 aliphatic rings. The molecule has 1 saturated carbocycles. The first-order valence-corrected chi connectivity index (χ1v) is 5.06. The molecule has 0 N–H and O–H groups in total. The first-order valence-electron chi connectivity index (χ1n) is 5.06. The van der Waals surface area contributed by atoms with Gasteiger partial charge in [0.25, 0.3) is 0 Å². The molecule has 1 aliphatic carbocycles. The van der Waals surface area contributed by atoms with Gasteiger partial charge < -0.3 is 0 Å². The maximum atomic E-state index is 11.9. The van der Waals surface area contributed by atoms with Crippen molar-refractivity contribution in [3.8, 4) is 0 Å². The van der Waals surface area contributed by atoms with Gasteiger partial charge in [0.1, 0.15) is 19.2 Å². The molecule has 1 heterocycles. The summed E-state index contributed by atoms with van der Waals surface area (Å²) in [6, 6.07) is 0. The average Bonchev–Trinajstić information content (AvgIpc) is 2.76. The maximum absolute atomic E-state index is 11.9. The Hall–Kier alpha value is -1.19. The van der Waals surface area contributed by atoms with Gasteiger partial charge in [-0.2, -0.15) is 5.10 Å². The van der Waals surface area contributed by atoms with Crippen LogP contribution in [0.15, 0.2) is 12.7 Å². The number of ketones is 1. The Kier molecular flexibility index (Phi) is 2.35. The van der Waals surface area contributed by atoms with Gasteiger partial charge in [-0.05, 0) is 12.8 Å². The highest BCUT2D eigenvalue weighted by Crippen LogP contribution is 2.38. The number of rotatable bonds is 3. The second-order valence-corrected chi connectivity index (χ2v) is 4.28. The van der Waals surface area contributed by atoms with Crippen LogP contribution in [0.4, 0.5) is 0 Å². The minimum atomic E-state index is -0.105. The molecule has 0 aromatic carbocycles. The van der Waals surface area contributed by atoms with E-state index in [1.807, 2.05) is 0 Å². The summed E-state index contributed by atoms with van der Waals surface area (Å²) in [5.41, 5.74) is -0.105. The zero-order valence-corrected chi connectivity index (χ0v) is 8.44. The first kappa shape index (κ1) is 9.37. The summed E-state index contributed by atoms with van der Waals surface area (Å²) in [5, 5.41) is 3.94. The monoisotopic (exact) mass is 193 g/mol. The Morgan fingerprint density at radius 3 is 2.79 bits per heavy atom. The summed E-state index contributed by atoms with van der Waals surface area (Å²) in [6.45, 7) is 2.44. The second kappa shape index (κ2) is 3.52. The van der Waals surface area contributed by atoms with Crippen LogP contribution in [0.3, 0.4) is 0 Å². The molecule has 0 amide bonds. The molecule has 1 aromatic rings. The van der Waals surface area contributed by atoms with Crippen LogP contribution < -0.4 is 0 Å². The van der Waals surface area contributed by atoms with E-state index in [4.69, 9.17) is 0 Å². The first-order chi connectivity index (χ1) is 6.71. The summed E-state index contributed by atoms with van der Waals surface area (Å²) in [5.74, 6) is 0.292. The van der Waals surface area contributed by atoms with Crippen LogP contribution >= 0.6 is 0 Å². The average molecular weight is 193 g/mol. The molecule has 1 fully saturated rings. The lowest BCUT2D eigenvalue weighted by atomic mass is 9.84. The van der Waals surface area contributed by atoms with Crippen molar-refractivity contribution in [3.63, 3.8) is 0 Å². The number of carbonyl (C=O) groups is 1. The molecule has 14 heavy (non-hydrogen) atoms. The molecule has 4 heteroatoms. The van der Waals surface area contributed by atoms with Crippen LogP contribution in [-0.2, 0) is 11.3 Å². The van der Waals surface area contributed by atoms with Gasteiger partial charge in [0, 0.05) is 5.41 Å². The molecule has 0 atom stereocenters. The van der Waals surface area contributed by atoms with Crippen LogP contribution in [0.2, 0.25) is 0 Å². The molecular formula is C10H15N3O. The van der Waals surface area contributed by atoms with Crippen molar-refractivity contribution in [2.45, 2.75) is 39.2 Å². The summed E-state index contributed by atoms with van der Waals surface area (Å²) >= 11 is 0. The number of aromatic nitrogens is 3. The van der Waals surface area contributed by atoms with Gasteiger partial charge >= 0.3 is 0 Å². The molecule has 0 aliphatic heterocycles. The quantitative estimate of drug-likeness (QED) is 0.729. The predicted octanol–water partition coefficient (Wildman–Crippen LogP) is 1.43. The zero-order chi connectivity index (χ0) is 10.0. The topological polar surface area (TPSA) is 47.8 Å². The lowest BCUT2D eigenvalue weighted by Gasteiger charge is -2.21. The smallest absolute Gasteiger partial charge is 0.160 e. The third-order valence-corrected chi connectivity index (χ3v) is 3.15. The number of hydrogen-bond acceptors (Lipinski definition) is 3. The SMILES string of the molecule is CC1(C(=O)Cn2cncn2)CCCC1. The maximum Gasteiger partial charge on any atom is 0.160 e. The van der Waals surface area contributed by atoms with Crippen molar-refractivity contribution in [2.75, 3.05) is 0 Å². The number of carbonyl (C=O) groups excluding carboxylic acids is 1. The summed E-state index contributed by atoms with van der Waals surface area (Å²) < 4.78 is 1.60. The predicted molar refractivity (Wildman–Crippen MR) is 51.6 cm³/mol. The van der Waals surface area contributed by atoms with E-state index in [-0.39, 0.29) is 5.41 Å². The summed E-state index contributed by atoms with van der Waals surface area (Å²) in [7, 11) is 0. The van der Waals surface area contributed by atoms with E-state index in [9.17, 15) is 4.79 Å². The molecule has 0 radical (unpaired) electrons. The van der Waals surface area contributed by atoms with E-state index in [0.29, 0.717) is 12.3 Å². The van der Waals surface area contributed by atoms with Crippen molar-refractivity contribution in [3.05, 3.63) is 12.7 Å². The third-order valence-electron chi connectivity index (χ3n) is 3.15. The Morgan fingerprint density at radius 1 is 1.50 bits per heavy atom. The number of hydrogen-bond donors (Lipinski definition) is 0. The Bertz CT molecular complexity index is 312. The van der Waals surface area contributed by atoms with Gasteiger partial charge in [-0.25, -0.2) is 9.67 Å². The van der Waals surface area contributed by atoms with Gasteiger partial charge in [0.05, 0.1) is 0 Å². The second-order valence-electron chi connectivity index (χ2n) is 4.28. The molecule has 2 rings (SSSR count). The van der Waals surface area contributed by atoms with Gasteiger partial charge in [0.2, 0.25) is 0 Å². The normalized spacial score (nSPS) is 19.8. The van der Waals surface area contributed by atoms with E-state index in [2.05, 4.69) is 17.0 Å². The fourth-order valence-electron chi connectivity index (χ4n) is 2.09. The van der Waals surface area contributed by atoms with E-state index in [1.165, 1.54) is 19.2 Å². The fraction of sp³-hybridized carbons (Fsp3) is 0.700. The largest absolute Gasteiger partial charge is 0.297 e. The minimum Gasteiger partial charge on any atom is -0.297 e. The van der Waals surface area contributed by atoms with Crippen molar-refractivity contribution in [1.82, 2.24) is 14.8 Å². The van der Waals surface area contributed by atoms with Crippen LogP contribution in [0, 0.1) is 5.41 Å². The number of nitrogens with zero attached hydrogens (tertiary/aromatic N) is 3. The van der Waals surface area contributed by atoms with Gasteiger partial charge in [-0.1, -0.05) is 19.8 Å². The van der Waals surface area contributed by atoms with Crippen LogP contribution in [0.1, 0.15) is 32.6 Å². The Labute approximate surface area is 83.3 Å². The fourth-order valence-corrected chi connectivity index (χ4v) is 2.09. The Balaban J connectivity index is 2.02. The van der Waals surface area contributed by atoms with E-state index < -0.39 is 0 Å². The zero-order valence-electron chi connectivity index (χ0n) is 8.44. The molecule has 0 unspecified atom stereocenters. The van der Waals surface area contributed by atoms with Crippen molar-refractivity contribution < 1.29 is 4.79 Å². The molecule has 0 saturated heterocycles. The van der Waals surface area contributed by atoms with E-state index in [0.717, 1.165) is 12.8 Å². The summed E-state index contributed by atoms with van der Waals surface area (Å²) in [4.78, 5) is 15.8. The highest BCUT2D eigenvalue weighted by molar-refractivity contribution is 5.84. The molecule has 76 valence electrons. The van der Waals surface area contributed by atoms with E-state index >= 15 is 0 Å². The van der Waals surface area contributed by atoms with Crippen molar-refractivity contribution in [1.29, 1.82) is 0 Å². The standard InChI is InChI=1S/C10H15N3O/c1-10(4-2-3-5-10)9(14)6-13-8-11-7-12-13/h7-8H,2-6H2,1H3. The van der Waals surface area contributed by atoms with Crippen molar-refractivity contribution >= 4 is 5.78 Å². The molecular weight excluding hydrogens is 178 g/mol. The Morgan fingerprint density at radius 2 is 2.21 bits per heavy atom. The number of Topliss-reactive ketones (excluding diaryl/α,β-unsaturated/α-hetero) is 1. The highest BCUT2D eigenvalue weighted by Gasteiger charge is 2.35. The van der Waals surface area contributed by atoms with Gasteiger partial charge in [0.15, 0.2) is 5.78 Å². The van der Waals surface area contributed by atoms with Gasteiger partial charge in [-0.3, -0.25) is 4.79 Å². The molecule has 1 aromatic heterocycles. The van der Waals surface area contributed by atoms with Crippen LogP contribution in [0.25, 0.3) is 0 Å². The summed E-state index contributed by atoms with van der Waals surface area (Å²) in [6.07, 6.45) is 7.47. The molecule has 0 spiro atoms. The highest BCUT2D eigenvalue weighted by atomic mass is 16.1. The minimum absolute atomic E-state index is 0.105. The lowest BCUT2D eigenvalue weighted by molar-refractivity contribution is -0.128. The van der Waals surface area contributed by atoms with Crippen LogP contribution in [-0.4, -0.2) is 20.5 Å². The van der Waals surface area contributed by atoms with Gasteiger partial charge in [-0.15, -0.1) is 0 Å². The lowest BCUT2D eigenvalue weighted by Crippen LogP contribution is -2.28. The van der Waals surface area contributed by atoms with Crippen LogP contribution in [0.5, 0.6) is 0 Å².